The molecule has 0 atom stereocenters. The number of aliphatic hydroxyl groups is 1. The number of hydrogen-bond acceptors (Lipinski definition) is 4. The Morgan fingerprint density at radius 1 is 1.30 bits per heavy atom. The monoisotopic (exact) mass is 300 g/mol. The minimum absolute atomic E-state index is 0.0408. The molecule has 0 heterocycles. The highest BCUT2D eigenvalue weighted by Gasteiger charge is 2.30. The van der Waals surface area contributed by atoms with Crippen molar-refractivity contribution in [3.63, 3.8) is 0 Å². The molecule has 0 aliphatic rings. The maximum atomic E-state index is 12.7. The molecule has 0 unspecified atom stereocenters. The topological polar surface area (TPSA) is 83.6 Å². The van der Waals surface area contributed by atoms with Crippen molar-refractivity contribution in [3.8, 4) is 0 Å². The molecule has 0 amide bonds. The van der Waals surface area contributed by atoms with Gasteiger partial charge in [0.15, 0.2) is 0 Å². The molecule has 6 heteroatoms. The largest absolute Gasteiger partial charge is 0.399 e. The van der Waals surface area contributed by atoms with Crippen LogP contribution in [0.2, 0.25) is 0 Å². The van der Waals surface area contributed by atoms with Crippen LogP contribution in [0.15, 0.2) is 17.0 Å². The fraction of sp³-hybridized carbons (Fsp3) is 0.571. The highest BCUT2D eigenvalue weighted by Crippen LogP contribution is 2.26. The molecule has 20 heavy (non-hydrogen) atoms. The fourth-order valence-corrected chi connectivity index (χ4v) is 4.00. The van der Waals surface area contributed by atoms with Gasteiger partial charge in [-0.1, -0.05) is 6.92 Å². The van der Waals surface area contributed by atoms with Gasteiger partial charge in [-0.25, -0.2) is 8.42 Å². The van der Waals surface area contributed by atoms with Gasteiger partial charge in [0.1, 0.15) is 0 Å². The summed E-state index contributed by atoms with van der Waals surface area (Å²) in [5.41, 5.74) is 6.62. The Balaban J connectivity index is 3.35. The van der Waals surface area contributed by atoms with Crippen LogP contribution in [0.1, 0.15) is 31.9 Å². The molecule has 0 fully saturated rings. The van der Waals surface area contributed by atoms with E-state index in [0.717, 1.165) is 5.56 Å². The normalized spacial score (nSPS) is 12.9. The summed E-state index contributed by atoms with van der Waals surface area (Å²) in [4.78, 5) is 0.209. The smallest absolute Gasteiger partial charge is 0.243 e. The second kappa shape index (κ2) is 5.71. The van der Waals surface area contributed by atoms with Gasteiger partial charge >= 0.3 is 0 Å². The van der Waals surface area contributed by atoms with E-state index in [1.807, 2.05) is 6.92 Å². The van der Waals surface area contributed by atoms with E-state index in [0.29, 0.717) is 17.8 Å². The number of likely N-dealkylation sites (N-methyl/N-ethyl adjacent to an activating group) is 1. The zero-order valence-electron chi connectivity index (χ0n) is 12.8. The molecule has 0 saturated heterocycles. The van der Waals surface area contributed by atoms with Crippen LogP contribution < -0.4 is 5.73 Å². The molecule has 0 spiro atoms. The second-order valence-electron chi connectivity index (χ2n) is 5.70. The fourth-order valence-electron chi connectivity index (χ4n) is 2.06. The number of benzene rings is 1. The average molecular weight is 300 g/mol. The van der Waals surface area contributed by atoms with E-state index >= 15 is 0 Å². The lowest BCUT2D eigenvalue weighted by molar-refractivity contribution is 0.0601. The summed E-state index contributed by atoms with van der Waals surface area (Å²) in [6, 6.07) is 3.23. The molecular formula is C14H24N2O3S. The lowest BCUT2D eigenvalue weighted by atomic mass is 10.1. The van der Waals surface area contributed by atoms with E-state index < -0.39 is 15.6 Å². The molecule has 0 aliphatic heterocycles. The highest BCUT2D eigenvalue weighted by atomic mass is 32.2. The summed E-state index contributed by atoms with van der Waals surface area (Å²) >= 11 is 0. The molecule has 1 aromatic carbocycles. The molecule has 0 aliphatic carbocycles. The second-order valence-corrected chi connectivity index (χ2v) is 7.61. The molecule has 0 aromatic heterocycles. The van der Waals surface area contributed by atoms with Gasteiger partial charge in [0, 0.05) is 18.8 Å². The lowest BCUT2D eigenvalue weighted by Gasteiger charge is -2.28. The summed E-state index contributed by atoms with van der Waals surface area (Å²) in [5.74, 6) is 0. The van der Waals surface area contributed by atoms with E-state index in [-0.39, 0.29) is 11.4 Å². The first-order valence-electron chi connectivity index (χ1n) is 6.58. The van der Waals surface area contributed by atoms with Gasteiger partial charge in [-0.2, -0.15) is 4.31 Å². The molecule has 5 nitrogen and oxygen atoms in total. The first kappa shape index (κ1) is 16.9. The van der Waals surface area contributed by atoms with Crippen LogP contribution in [0.4, 0.5) is 5.69 Å². The summed E-state index contributed by atoms with van der Waals surface area (Å²) in [6.45, 7) is 8.85. The standard InChI is InChI=1S/C14H24N2O3S/c1-6-16(9-14(4,5)17)20(18,19)13-8-12(15)7-10(2)11(13)3/h7-8,17H,6,9,15H2,1-5H3. The number of nitrogen functional groups attached to an aromatic ring is 1. The third-order valence-corrected chi connectivity index (χ3v) is 5.22. The van der Waals surface area contributed by atoms with Crippen LogP contribution in [-0.2, 0) is 10.0 Å². The number of nitrogens with zero attached hydrogens (tertiary/aromatic N) is 1. The van der Waals surface area contributed by atoms with Crippen LogP contribution >= 0.6 is 0 Å². The van der Waals surface area contributed by atoms with Crippen molar-refractivity contribution in [1.29, 1.82) is 0 Å². The van der Waals surface area contributed by atoms with Crippen LogP contribution in [0.25, 0.3) is 0 Å². The zero-order valence-corrected chi connectivity index (χ0v) is 13.6. The van der Waals surface area contributed by atoms with Crippen molar-refractivity contribution < 1.29 is 13.5 Å². The minimum atomic E-state index is -3.67. The third-order valence-electron chi connectivity index (χ3n) is 3.18. The van der Waals surface area contributed by atoms with Gasteiger partial charge in [-0.3, -0.25) is 0 Å². The van der Waals surface area contributed by atoms with Gasteiger partial charge in [-0.15, -0.1) is 0 Å². The summed E-state index contributed by atoms with van der Waals surface area (Å²) in [7, 11) is -3.67. The van der Waals surface area contributed by atoms with Gasteiger partial charge in [0.2, 0.25) is 10.0 Å². The summed E-state index contributed by atoms with van der Waals surface area (Å²) in [5, 5.41) is 9.88. The quantitative estimate of drug-likeness (QED) is 0.810. The lowest BCUT2D eigenvalue weighted by Crippen LogP contribution is -2.42. The number of anilines is 1. The van der Waals surface area contributed by atoms with E-state index in [1.165, 1.54) is 10.4 Å². The van der Waals surface area contributed by atoms with Crippen LogP contribution in [-0.4, -0.2) is 36.5 Å². The maximum Gasteiger partial charge on any atom is 0.243 e. The van der Waals surface area contributed by atoms with Crippen molar-refractivity contribution in [3.05, 3.63) is 23.3 Å². The van der Waals surface area contributed by atoms with Crippen molar-refractivity contribution in [2.75, 3.05) is 18.8 Å². The van der Waals surface area contributed by atoms with Gasteiger partial charge in [0.25, 0.3) is 0 Å². The molecule has 1 rings (SSSR count). The summed E-state index contributed by atoms with van der Waals surface area (Å²) in [6.07, 6.45) is 0. The SMILES string of the molecule is CCN(CC(C)(C)O)S(=O)(=O)c1cc(N)cc(C)c1C. The molecule has 114 valence electrons. The van der Waals surface area contributed by atoms with E-state index in [1.54, 1.807) is 33.8 Å². The molecule has 0 saturated carbocycles. The molecule has 0 radical (unpaired) electrons. The van der Waals surface area contributed by atoms with Gasteiger partial charge < -0.3 is 10.8 Å². The predicted octanol–water partition coefficient (Wildman–Crippen LogP) is 1.67. The van der Waals surface area contributed by atoms with Crippen LogP contribution in [0.3, 0.4) is 0 Å². The Morgan fingerprint density at radius 2 is 1.85 bits per heavy atom. The molecular weight excluding hydrogens is 276 g/mol. The Morgan fingerprint density at radius 3 is 2.30 bits per heavy atom. The van der Waals surface area contributed by atoms with Gasteiger partial charge in [-0.05, 0) is 51.0 Å². The highest BCUT2D eigenvalue weighted by molar-refractivity contribution is 7.89. The number of nitrogens with two attached hydrogens (primary N) is 1. The number of hydrogen-bond donors (Lipinski definition) is 2. The van der Waals surface area contributed by atoms with Crippen LogP contribution in [0.5, 0.6) is 0 Å². The van der Waals surface area contributed by atoms with E-state index in [2.05, 4.69) is 0 Å². The third kappa shape index (κ3) is 3.71. The number of sulfonamides is 1. The molecule has 3 N–H and O–H groups in total. The van der Waals surface area contributed by atoms with Crippen LogP contribution in [0, 0.1) is 13.8 Å². The Kier molecular flexibility index (Phi) is 4.84. The van der Waals surface area contributed by atoms with Crippen molar-refractivity contribution >= 4 is 15.7 Å². The Hall–Kier alpha value is -1.11. The molecule has 1 aromatic rings. The molecule has 0 bridgehead atoms. The Labute approximate surface area is 121 Å². The number of rotatable bonds is 5. The predicted molar refractivity (Wildman–Crippen MR) is 81.1 cm³/mol. The zero-order chi connectivity index (χ0) is 15.7. The van der Waals surface area contributed by atoms with Crippen molar-refractivity contribution in [2.24, 2.45) is 0 Å². The first-order valence-corrected chi connectivity index (χ1v) is 8.02. The number of aryl methyl sites for hydroxylation is 1. The first-order chi connectivity index (χ1) is 8.99. The van der Waals surface area contributed by atoms with Crippen molar-refractivity contribution in [1.82, 2.24) is 4.31 Å². The van der Waals surface area contributed by atoms with Gasteiger partial charge in [0.05, 0.1) is 10.5 Å². The van der Waals surface area contributed by atoms with Crippen molar-refractivity contribution in [2.45, 2.75) is 45.1 Å². The minimum Gasteiger partial charge on any atom is -0.399 e. The Bertz CT molecular complexity index is 589. The van der Waals surface area contributed by atoms with E-state index in [9.17, 15) is 13.5 Å². The van der Waals surface area contributed by atoms with E-state index in [4.69, 9.17) is 5.73 Å². The average Bonchev–Trinajstić information content (AvgIpc) is 2.29. The summed E-state index contributed by atoms with van der Waals surface area (Å²) < 4.78 is 26.7. The maximum absolute atomic E-state index is 12.7.